The van der Waals surface area contributed by atoms with E-state index in [2.05, 4.69) is 24.5 Å². The monoisotopic (exact) mass is 254 g/mol. The van der Waals surface area contributed by atoms with E-state index in [9.17, 15) is 4.79 Å². The minimum absolute atomic E-state index is 0.104. The van der Waals surface area contributed by atoms with E-state index in [1.165, 1.54) is 0 Å². The van der Waals surface area contributed by atoms with E-state index in [1.807, 2.05) is 0 Å². The molecular weight excluding hydrogens is 236 g/mol. The van der Waals surface area contributed by atoms with Gasteiger partial charge >= 0.3 is 0 Å². The van der Waals surface area contributed by atoms with Gasteiger partial charge in [0.25, 0.3) is 5.91 Å². The molecule has 94 valence electrons. The average Bonchev–Trinajstić information content (AvgIpc) is 2.31. The van der Waals surface area contributed by atoms with Crippen LogP contribution in [0.2, 0.25) is 5.02 Å². The zero-order valence-corrected chi connectivity index (χ0v) is 11.3. The smallest absolute Gasteiger partial charge is 0.251 e. The number of hydrogen-bond donors (Lipinski definition) is 2. The Kier molecular flexibility index (Phi) is 5.29. The zero-order chi connectivity index (χ0) is 12.8. The normalized spacial score (nSPS) is 12.0. The SMILES string of the molecule is CCCC(C)Nc1cc(C(=O)NC)ccc1Cl. The van der Waals surface area contributed by atoms with Crippen molar-refractivity contribution in [3.8, 4) is 0 Å². The van der Waals surface area contributed by atoms with Crippen molar-refractivity contribution in [3.63, 3.8) is 0 Å². The minimum Gasteiger partial charge on any atom is -0.381 e. The lowest BCUT2D eigenvalue weighted by Gasteiger charge is -2.16. The van der Waals surface area contributed by atoms with E-state index in [1.54, 1.807) is 25.2 Å². The molecule has 0 spiro atoms. The van der Waals surface area contributed by atoms with E-state index >= 15 is 0 Å². The second kappa shape index (κ2) is 6.50. The first-order valence-corrected chi connectivity index (χ1v) is 6.24. The Hall–Kier alpha value is -1.22. The molecule has 0 heterocycles. The molecular formula is C13H19ClN2O. The van der Waals surface area contributed by atoms with Crippen LogP contribution < -0.4 is 10.6 Å². The topological polar surface area (TPSA) is 41.1 Å². The fourth-order valence-corrected chi connectivity index (χ4v) is 1.86. The van der Waals surface area contributed by atoms with Crippen molar-refractivity contribution in [1.82, 2.24) is 5.32 Å². The molecule has 4 heteroatoms. The predicted octanol–water partition coefficient (Wildman–Crippen LogP) is 3.30. The van der Waals surface area contributed by atoms with E-state index in [0.29, 0.717) is 16.6 Å². The first-order valence-electron chi connectivity index (χ1n) is 5.86. The van der Waals surface area contributed by atoms with Gasteiger partial charge in [0.15, 0.2) is 0 Å². The number of anilines is 1. The number of halogens is 1. The summed E-state index contributed by atoms with van der Waals surface area (Å²) in [5, 5.41) is 6.55. The Morgan fingerprint density at radius 3 is 2.76 bits per heavy atom. The zero-order valence-electron chi connectivity index (χ0n) is 10.5. The van der Waals surface area contributed by atoms with E-state index in [-0.39, 0.29) is 5.91 Å². The third kappa shape index (κ3) is 3.93. The molecule has 0 saturated carbocycles. The minimum atomic E-state index is -0.104. The van der Waals surface area contributed by atoms with Crippen LogP contribution in [-0.2, 0) is 0 Å². The highest BCUT2D eigenvalue weighted by Gasteiger charge is 2.09. The Morgan fingerprint density at radius 2 is 2.18 bits per heavy atom. The van der Waals surface area contributed by atoms with Crippen molar-refractivity contribution in [2.45, 2.75) is 32.7 Å². The molecule has 0 aliphatic rings. The summed E-state index contributed by atoms with van der Waals surface area (Å²) in [5.41, 5.74) is 1.43. The van der Waals surface area contributed by atoms with Gasteiger partial charge in [-0.25, -0.2) is 0 Å². The number of rotatable bonds is 5. The number of hydrogen-bond acceptors (Lipinski definition) is 2. The number of amides is 1. The van der Waals surface area contributed by atoms with Gasteiger partial charge in [0.1, 0.15) is 0 Å². The second-order valence-electron chi connectivity index (χ2n) is 4.11. The summed E-state index contributed by atoms with van der Waals surface area (Å²) in [6.45, 7) is 4.24. The summed E-state index contributed by atoms with van der Waals surface area (Å²) < 4.78 is 0. The van der Waals surface area contributed by atoms with Gasteiger partial charge < -0.3 is 10.6 Å². The van der Waals surface area contributed by atoms with Crippen LogP contribution in [0.15, 0.2) is 18.2 Å². The van der Waals surface area contributed by atoms with Crippen molar-refractivity contribution in [3.05, 3.63) is 28.8 Å². The van der Waals surface area contributed by atoms with Crippen molar-refractivity contribution in [1.29, 1.82) is 0 Å². The van der Waals surface area contributed by atoms with Crippen LogP contribution >= 0.6 is 11.6 Å². The van der Waals surface area contributed by atoms with Gasteiger partial charge in [0.05, 0.1) is 10.7 Å². The van der Waals surface area contributed by atoms with Crippen molar-refractivity contribution in [2.24, 2.45) is 0 Å². The van der Waals surface area contributed by atoms with Gasteiger partial charge in [0, 0.05) is 18.7 Å². The average molecular weight is 255 g/mol. The van der Waals surface area contributed by atoms with Crippen LogP contribution in [0, 0.1) is 0 Å². The highest BCUT2D eigenvalue weighted by molar-refractivity contribution is 6.33. The maximum atomic E-state index is 11.5. The quantitative estimate of drug-likeness (QED) is 0.847. The van der Waals surface area contributed by atoms with Gasteiger partial charge in [-0.1, -0.05) is 24.9 Å². The molecule has 1 aromatic rings. The maximum Gasteiger partial charge on any atom is 0.251 e. The molecule has 1 atom stereocenters. The largest absolute Gasteiger partial charge is 0.381 e. The molecule has 0 aliphatic carbocycles. The molecule has 0 saturated heterocycles. The first-order chi connectivity index (χ1) is 8.08. The Morgan fingerprint density at radius 1 is 1.47 bits per heavy atom. The van der Waals surface area contributed by atoms with Crippen LogP contribution in [0.4, 0.5) is 5.69 Å². The van der Waals surface area contributed by atoms with Crippen molar-refractivity contribution < 1.29 is 4.79 Å². The van der Waals surface area contributed by atoms with Crippen molar-refractivity contribution in [2.75, 3.05) is 12.4 Å². The van der Waals surface area contributed by atoms with Gasteiger partial charge in [-0.2, -0.15) is 0 Å². The molecule has 3 nitrogen and oxygen atoms in total. The highest BCUT2D eigenvalue weighted by atomic mass is 35.5. The second-order valence-corrected chi connectivity index (χ2v) is 4.52. The molecule has 0 aromatic heterocycles. The number of carbonyl (C=O) groups is 1. The van der Waals surface area contributed by atoms with Crippen LogP contribution in [0.3, 0.4) is 0 Å². The third-order valence-electron chi connectivity index (χ3n) is 2.58. The van der Waals surface area contributed by atoms with Gasteiger partial charge in [-0.3, -0.25) is 4.79 Å². The standard InChI is InChI=1S/C13H19ClN2O/c1-4-5-9(2)16-12-8-10(13(17)15-3)6-7-11(12)14/h6-9,16H,4-5H2,1-3H3,(H,15,17). The fourth-order valence-electron chi connectivity index (χ4n) is 1.69. The summed E-state index contributed by atoms with van der Waals surface area (Å²) in [7, 11) is 1.61. The molecule has 0 aliphatic heterocycles. The van der Waals surface area contributed by atoms with Crippen molar-refractivity contribution >= 4 is 23.2 Å². The summed E-state index contributed by atoms with van der Waals surface area (Å²) in [6, 6.07) is 5.59. The summed E-state index contributed by atoms with van der Waals surface area (Å²) >= 11 is 6.09. The van der Waals surface area contributed by atoms with E-state index in [0.717, 1.165) is 18.5 Å². The molecule has 1 amide bonds. The Labute approximate surface area is 108 Å². The van der Waals surface area contributed by atoms with Crippen LogP contribution in [0.1, 0.15) is 37.0 Å². The number of carbonyl (C=O) groups excluding carboxylic acids is 1. The van der Waals surface area contributed by atoms with Gasteiger partial charge in [-0.05, 0) is 31.5 Å². The summed E-state index contributed by atoms with van der Waals surface area (Å²) in [6.07, 6.45) is 2.18. The molecule has 1 unspecified atom stereocenters. The van der Waals surface area contributed by atoms with E-state index in [4.69, 9.17) is 11.6 Å². The lowest BCUT2D eigenvalue weighted by Crippen LogP contribution is -2.19. The molecule has 1 rings (SSSR count). The molecule has 0 bridgehead atoms. The molecule has 17 heavy (non-hydrogen) atoms. The Bertz CT molecular complexity index is 393. The maximum absolute atomic E-state index is 11.5. The van der Waals surface area contributed by atoms with Gasteiger partial charge in [-0.15, -0.1) is 0 Å². The van der Waals surface area contributed by atoms with Crippen LogP contribution in [-0.4, -0.2) is 19.0 Å². The van der Waals surface area contributed by atoms with Crippen LogP contribution in [0.5, 0.6) is 0 Å². The van der Waals surface area contributed by atoms with Crippen LogP contribution in [0.25, 0.3) is 0 Å². The third-order valence-corrected chi connectivity index (χ3v) is 2.91. The first kappa shape index (κ1) is 13.8. The summed E-state index contributed by atoms with van der Waals surface area (Å²) in [5.74, 6) is -0.104. The molecule has 0 fully saturated rings. The molecule has 0 radical (unpaired) electrons. The van der Waals surface area contributed by atoms with Gasteiger partial charge in [0.2, 0.25) is 0 Å². The predicted molar refractivity (Wildman–Crippen MR) is 72.8 cm³/mol. The summed E-state index contributed by atoms with van der Waals surface area (Å²) in [4.78, 5) is 11.5. The van der Waals surface area contributed by atoms with E-state index < -0.39 is 0 Å². The highest BCUT2D eigenvalue weighted by Crippen LogP contribution is 2.24. The molecule has 1 aromatic carbocycles. The number of benzene rings is 1. The number of nitrogens with one attached hydrogen (secondary N) is 2. The molecule has 2 N–H and O–H groups in total. The lowest BCUT2D eigenvalue weighted by molar-refractivity contribution is 0.0963. The lowest BCUT2D eigenvalue weighted by atomic mass is 10.1. The fraction of sp³-hybridized carbons (Fsp3) is 0.462. The Balaban J connectivity index is 2.86.